The maximum absolute atomic E-state index is 11.4. The fraction of sp³-hybridized carbons (Fsp3) is 0.455. The van der Waals surface area contributed by atoms with E-state index in [1.54, 1.807) is 13.8 Å². The first-order valence-electron chi connectivity index (χ1n) is 5.03. The summed E-state index contributed by atoms with van der Waals surface area (Å²) in [4.78, 5) is 9.40. The highest BCUT2D eigenvalue weighted by Gasteiger charge is 2.23. The van der Waals surface area contributed by atoms with Crippen LogP contribution in [0.1, 0.15) is 19.4 Å². The van der Waals surface area contributed by atoms with E-state index in [4.69, 9.17) is 4.52 Å². The molecule has 1 aromatic carbocycles. The molecule has 84 valence electrons. The van der Waals surface area contributed by atoms with Crippen LogP contribution in [0.5, 0.6) is 0 Å². The molecular weight excluding hydrogens is 211 g/mol. The quantitative estimate of drug-likeness (QED) is 0.788. The summed E-state index contributed by atoms with van der Waals surface area (Å²) in [7, 11) is -3.40. The molecule has 1 N–H and O–H groups in total. The first kappa shape index (κ1) is 12.4. The summed E-state index contributed by atoms with van der Waals surface area (Å²) in [5.74, 6) is 0. The third-order valence-corrected chi connectivity index (χ3v) is 4.02. The minimum absolute atomic E-state index is 0.288. The Balaban J connectivity index is 2.37. The zero-order chi connectivity index (χ0) is 11.3. The van der Waals surface area contributed by atoms with Gasteiger partial charge in [-0.1, -0.05) is 44.2 Å². The average Bonchev–Trinajstić information content (AvgIpc) is 2.19. The Kier molecular flexibility index (Phi) is 4.52. The molecule has 1 atom stereocenters. The van der Waals surface area contributed by atoms with Gasteiger partial charge in [-0.25, -0.2) is 0 Å². The normalized spacial score (nSPS) is 15.2. The molecule has 15 heavy (non-hydrogen) atoms. The summed E-state index contributed by atoms with van der Waals surface area (Å²) in [6, 6.07) is 9.77. The second-order valence-electron chi connectivity index (χ2n) is 3.73. The first-order chi connectivity index (χ1) is 7.02. The van der Waals surface area contributed by atoms with Crippen LogP contribution in [-0.4, -0.2) is 17.2 Å². The van der Waals surface area contributed by atoms with Crippen molar-refractivity contribution in [2.75, 3.05) is 6.61 Å². The SMILES string of the molecule is CC(C)P(=O)(O)OCCc1ccccc1. The summed E-state index contributed by atoms with van der Waals surface area (Å²) >= 11 is 0. The lowest BCUT2D eigenvalue weighted by atomic mass is 10.2. The van der Waals surface area contributed by atoms with Gasteiger partial charge in [-0.05, 0) is 12.0 Å². The van der Waals surface area contributed by atoms with Crippen molar-refractivity contribution in [1.29, 1.82) is 0 Å². The fourth-order valence-corrected chi connectivity index (χ4v) is 1.74. The highest BCUT2D eigenvalue weighted by atomic mass is 31.2. The van der Waals surface area contributed by atoms with E-state index in [0.29, 0.717) is 6.42 Å². The molecule has 3 nitrogen and oxygen atoms in total. The van der Waals surface area contributed by atoms with E-state index in [9.17, 15) is 9.46 Å². The molecule has 0 amide bonds. The van der Waals surface area contributed by atoms with Gasteiger partial charge >= 0.3 is 7.60 Å². The van der Waals surface area contributed by atoms with E-state index >= 15 is 0 Å². The molecule has 0 spiro atoms. The summed E-state index contributed by atoms with van der Waals surface area (Å²) in [5, 5.41) is 0. The standard InChI is InChI=1S/C11H17O3P/c1-10(2)15(12,13)14-9-8-11-6-4-3-5-7-11/h3-7,10H,8-9H2,1-2H3,(H,12,13). The Morgan fingerprint density at radius 1 is 1.33 bits per heavy atom. The van der Waals surface area contributed by atoms with E-state index in [1.807, 2.05) is 30.3 Å². The summed E-state index contributed by atoms with van der Waals surface area (Å²) in [6.45, 7) is 3.66. The lowest BCUT2D eigenvalue weighted by Gasteiger charge is -2.15. The molecule has 0 heterocycles. The van der Waals surface area contributed by atoms with Crippen LogP contribution in [0, 0.1) is 0 Å². The van der Waals surface area contributed by atoms with Gasteiger partial charge in [0.2, 0.25) is 0 Å². The fourth-order valence-electron chi connectivity index (χ4n) is 1.09. The van der Waals surface area contributed by atoms with Gasteiger partial charge in [-0.3, -0.25) is 4.57 Å². The van der Waals surface area contributed by atoms with Crippen LogP contribution in [0.25, 0.3) is 0 Å². The average molecular weight is 228 g/mol. The van der Waals surface area contributed by atoms with Crippen molar-refractivity contribution in [3.05, 3.63) is 35.9 Å². The highest BCUT2D eigenvalue weighted by molar-refractivity contribution is 7.53. The lowest BCUT2D eigenvalue weighted by molar-refractivity contribution is 0.257. The molecule has 0 saturated heterocycles. The molecule has 0 radical (unpaired) electrons. The molecule has 0 bridgehead atoms. The minimum atomic E-state index is -3.40. The predicted octanol–water partition coefficient (Wildman–Crippen LogP) is 2.84. The first-order valence-corrected chi connectivity index (χ1v) is 6.68. The summed E-state index contributed by atoms with van der Waals surface area (Å²) in [5.41, 5.74) is 0.773. The Morgan fingerprint density at radius 2 is 1.93 bits per heavy atom. The molecule has 0 saturated carbocycles. The van der Waals surface area contributed by atoms with Crippen molar-refractivity contribution in [3.63, 3.8) is 0 Å². The van der Waals surface area contributed by atoms with Gasteiger partial charge in [0.05, 0.1) is 12.3 Å². The van der Waals surface area contributed by atoms with E-state index in [1.165, 1.54) is 0 Å². The van der Waals surface area contributed by atoms with Crippen LogP contribution in [0.4, 0.5) is 0 Å². The van der Waals surface area contributed by atoms with Crippen LogP contribution < -0.4 is 0 Å². The van der Waals surface area contributed by atoms with E-state index in [2.05, 4.69) is 0 Å². The van der Waals surface area contributed by atoms with Gasteiger partial charge in [-0.2, -0.15) is 0 Å². The van der Waals surface area contributed by atoms with Crippen molar-refractivity contribution in [1.82, 2.24) is 0 Å². The number of rotatable bonds is 5. The molecule has 0 aromatic heterocycles. The molecule has 1 aromatic rings. The lowest BCUT2D eigenvalue weighted by Crippen LogP contribution is -2.04. The zero-order valence-corrected chi connectivity index (χ0v) is 9.98. The number of benzene rings is 1. The van der Waals surface area contributed by atoms with Gasteiger partial charge in [0.1, 0.15) is 0 Å². The van der Waals surface area contributed by atoms with E-state index in [0.717, 1.165) is 5.56 Å². The van der Waals surface area contributed by atoms with Gasteiger partial charge < -0.3 is 9.42 Å². The van der Waals surface area contributed by atoms with Crippen LogP contribution in [-0.2, 0) is 15.5 Å². The molecular formula is C11H17O3P. The highest BCUT2D eigenvalue weighted by Crippen LogP contribution is 2.46. The second kappa shape index (κ2) is 5.45. The van der Waals surface area contributed by atoms with Gasteiger partial charge in [0.15, 0.2) is 0 Å². The van der Waals surface area contributed by atoms with Gasteiger partial charge in [0.25, 0.3) is 0 Å². The Labute approximate surface area is 90.6 Å². The smallest absolute Gasteiger partial charge is 0.324 e. The van der Waals surface area contributed by atoms with Crippen molar-refractivity contribution >= 4 is 7.60 Å². The minimum Gasteiger partial charge on any atom is -0.324 e. The second-order valence-corrected chi connectivity index (χ2v) is 6.15. The van der Waals surface area contributed by atoms with Crippen molar-refractivity contribution < 1.29 is 14.0 Å². The van der Waals surface area contributed by atoms with E-state index < -0.39 is 7.60 Å². The third-order valence-electron chi connectivity index (χ3n) is 2.16. The maximum Gasteiger partial charge on any atom is 0.330 e. The molecule has 0 aliphatic carbocycles. The van der Waals surface area contributed by atoms with Crippen LogP contribution in [0.15, 0.2) is 30.3 Å². The molecule has 1 rings (SSSR count). The van der Waals surface area contributed by atoms with Crippen molar-refractivity contribution in [2.24, 2.45) is 0 Å². The Morgan fingerprint density at radius 3 is 2.47 bits per heavy atom. The van der Waals surface area contributed by atoms with Crippen LogP contribution >= 0.6 is 7.60 Å². The van der Waals surface area contributed by atoms with E-state index in [-0.39, 0.29) is 12.3 Å². The Hall–Kier alpha value is -0.630. The molecule has 0 aliphatic heterocycles. The zero-order valence-electron chi connectivity index (χ0n) is 9.09. The summed E-state index contributed by atoms with van der Waals surface area (Å²) < 4.78 is 16.4. The molecule has 1 unspecified atom stereocenters. The van der Waals surface area contributed by atoms with Crippen molar-refractivity contribution in [3.8, 4) is 0 Å². The Bertz CT molecular complexity index is 335. The van der Waals surface area contributed by atoms with Crippen LogP contribution in [0.3, 0.4) is 0 Å². The maximum atomic E-state index is 11.4. The molecule has 0 fully saturated rings. The van der Waals surface area contributed by atoms with Gasteiger partial charge in [0, 0.05) is 0 Å². The van der Waals surface area contributed by atoms with Gasteiger partial charge in [-0.15, -0.1) is 0 Å². The predicted molar refractivity (Wildman–Crippen MR) is 61.1 cm³/mol. The van der Waals surface area contributed by atoms with Crippen molar-refractivity contribution in [2.45, 2.75) is 25.9 Å². The van der Waals surface area contributed by atoms with Crippen LogP contribution in [0.2, 0.25) is 0 Å². The number of hydrogen-bond donors (Lipinski definition) is 1. The third kappa shape index (κ3) is 4.17. The summed E-state index contributed by atoms with van der Waals surface area (Å²) in [6.07, 6.45) is 0.665. The number of hydrogen-bond acceptors (Lipinski definition) is 2. The molecule has 0 aliphatic rings. The largest absolute Gasteiger partial charge is 0.330 e. The molecule has 4 heteroatoms. The topological polar surface area (TPSA) is 46.5 Å². The monoisotopic (exact) mass is 228 g/mol.